The average Bonchev–Trinajstić information content (AvgIpc) is 2.68. The maximum atomic E-state index is 12.4. The Bertz CT molecular complexity index is 340. The van der Waals surface area contributed by atoms with Crippen LogP contribution in [-0.4, -0.2) is 43.1 Å². The van der Waals surface area contributed by atoms with Gasteiger partial charge >= 0.3 is 0 Å². The summed E-state index contributed by atoms with van der Waals surface area (Å²) in [7, 11) is -3.09. The van der Waals surface area contributed by atoms with E-state index < -0.39 is 10.0 Å². The Balaban J connectivity index is 2.06. The molecule has 0 amide bonds. The number of sulfonamides is 1. The molecule has 2 heterocycles. The lowest BCUT2D eigenvalue weighted by atomic mass is 10.0. The number of piperidine rings is 1. The van der Waals surface area contributed by atoms with Crippen LogP contribution >= 0.6 is 0 Å². The normalized spacial score (nSPS) is 36.2. The molecule has 0 radical (unpaired) electrons. The second-order valence-electron chi connectivity index (χ2n) is 5.53. The summed E-state index contributed by atoms with van der Waals surface area (Å²) in [4.78, 5) is 0. The van der Waals surface area contributed by atoms with Gasteiger partial charge in [0.25, 0.3) is 0 Å². The summed E-state index contributed by atoms with van der Waals surface area (Å²) in [5, 5.41) is 3.28. The molecule has 0 aromatic carbocycles. The third kappa shape index (κ3) is 3.01. The van der Waals surface area contributed by atoms with E-state index in [9.17, 15) is 8.42 Å². The standard InChI is InChI=1S/C12H24N2O2S/c1-10-5-3-6-11(2)14(10)17(15,16)9-12-7-4-8-13-12/h10-13H,3-9H2,1-2H3. The minimum Gasteiger partial charge on any atom is -0.313 e. The summed E-state index contributed by atoms with van der Waals surface area (Å²) >= 11 is 0. The molecule has 2 aliphatic heterocycles. The van der Waals surface area contributed by atoms with Crippen molar-refractivity contribution in [2.75, 3.05) is 12.3 Å². The first-order valence-corrected chi connectivity index (χ1v) is 8.36. The lowest BCUT2D eigenvalue weighted by molar-refractivity contribution is 0.203. The van der Waals surface area contributed by atoms with Crippen molar-refractivity contribution in [1.82, 2.24) is 9.62 Å². The van der Waals surface area contributed by atoms with Gasteiger partial charge in [0.1, 0.15) is 0 Å². The van der Waals surface area contributed by atoms with Gasteiger partial charge in [0.15, 0.2) is 0 Å². The van der Waals surface area contributed by atoms with Crippen molar-refractivity contribution in [3.8, 4) is 0 Å². The molecule has 3 unspecified atom stereocenters. The predicted octanol–water partition coefficient (Wildman–Crippen LogP) is 1.33. The van der Waals surface area contributed by atoms with Crippen molar-refractivity contribution in [3.05, 3.63) is 0 Å². The van der Waals surface area contributed by atoms with E-state index in [2.05, 4.69) is 5.32 Å². The molecule has 0 aliphatic carbocycles. The van der Waals surface area contributed by atoms with E-state index in [1.807, 2.05) is 13.8 Å². The van der Waals surface area contributed by atoms with Gasteiger partial charge in [-0.15, -0.1) is 0 Å². The Hall–Kier alpha value is -0.130. The van der Waals surface area contributed by atoms with Gasteiger partial charge in [-0.05, 0) is 46.1 Å². The van der Waals surface area contributed by atoms with Crippen molar-refractivity contribution in [1.29, 1.82) is 0 Å². The first-order valence-electron chi connectivity index (χ1n) is 6.75. The largest absolute Gasteiger partial charge is 0.313 e. The minimum absolute atomic E-state index is 0.168. The Labute approximate surface area is 105 Å². The second kappa shape index (κ2) is 5.24. The number of hydrogen-bond acceptors (Lipinski definition) is 3. The molecule has 5 heteroatoms. The Morgan fingerprint density at radius 2 is 1.76 bits per heavy atom. The molecule has 17 heavy (non-hydrogen) atoms. The van der Waals surface area contributed by atoms with Crippen LogP contribution in [0.15, 0.2) is 0 Å². The molecule has 3 atom stereocenters. The molecule has 2 rings (SSSR count). The Kier molecular flexibility index (Phi) is 4.10. The summed E-state index contributed by atoms with van der Waals surface area (Å²) in [5.74, 6) is 0.279. The van der Waals surface area contributed by atoms with Crippen molar-refractivity contribution in [3.63, 3.8) is 0 Å². The van der Waals surface area contributed by atoms with Gasteiger partial charge < -0.3 is 5.32 Å². The highest BCUT2D eigenvalue weighted by Crippen LogP contribution is 2.26. The van der Waals surface area contributed by atoms with Crippen LogP contribution in [0.5, 0.6) is 0 Å². The van der Waals surface area contributed by atoms with Crippen LogP contribution in [0.25, 0.3) is 0 Å². The molecule has 0 aromatic heterocycles. The molecule has 0 spiro atoms. The topological polar surface area (TPSA) is 49.4 Å². The van der Waals surface area contributed by atoms with E-state index in [0.717, 1.165) is 38.6 Å². The number of nitrogens with one attached hydrogen (secondary N) is 1. The third-order valence-corrected chi connectivity index (χ3v) is 6.19. The van der Waals surface area contributed by atoms with Crippen molar-refractivity contribution in [2.45, 2.75) is 64.1 Å². The van der Waals surface area contributed by atoms with E-state index in [4.69, 9.17) is 0 Å². The molecular weight excluding hydrogens is 236 g/mol. The molecule has 2 aliphatic rings. The lowest BCUT2D eigenvalue weighted by Crippen LogP contribution is -2.50. The first kappa shape index (κ1) is 13.3. The van der Waals surface area contributed by atoms with Crippen molar-refractivity contribution >= 4 is 10.0 Å². The number of rotatable bonds is 3. The monoisotopic (exact) mass is 260 g/mol. The highest BCUT2D eigenvalue weighted by atomic mass is 32.2. The highest BCUT2D eigenvalue weighted by molar-refractivity contribution is 7.89. The fourth-order valence-corrected chi connectivity index (χ4v) is 5.46. The summed E-state index contributed by atoms with van der Waals surface area (Å²) in [6.45, 7) is 5.04. The molecular formula is C12H24N2O2S. The molecule has 4 nitrogen and oxygen atoms in total. The second-order valence-corrected chi connectivity index (χ2v) is 7.45. The van der Waals surface area contributed by atoms with Crippen LogP contribution in [0, 0.1) is 0 Å². The fourth-order valence-electron chi connectivity index (χ4n) is 3.19. The zero-order valence-electron chi connectivity index (χ0n) is 10.9. The van der Waals surface area contributed by atoms with Gasteiger partial charge in [-0.1, -0.05) is 6.42 Å². The molecule has 2 fully saturated rings. The van der Waals surface area contributed by atoms with Gasteiger partial charge in [0.05, 0.1) is 5.75 Å². The van der Waals surface area contributed by atoms with E-state index >= 15 is 0 Å². The van der Waals surface area contributed by atoms with E-state index in [0.29, 0.717) is 0 Å². The van der Waals surface area contributed by atoms with Gasteiger partial charge in [0.2, 0.25) is 10.0 Å². The Morgan fingerprint density at radius 1 is 1.12 bits per heavy atom. The Morgan fingerprint density at radius 3 is 2.29 bits per heavy atom. The first-order chi connectivity index (χ1) is 8.00. The maximum absolute atomic E-state index is 12.4. The van der Waals surface area contributed by atoms with Crippen molar-refractivity contribution in [2.24, 2.45) is 0 Å². The van der Waals surface area contributed by atoms with Crippen LogP contribution in [0.4, 0.5) is 0 Å². The van der Waals surface area contributed by atoms with Gasteiger partial charge in [-0.2, -0.15) is 4.31 Å². The summed E-state index contributed by atoms with van der Waals surface area (Å²) in [6.07, 6.45) is 5.25. The smallest absolute Gasteiger partial charge is 0.216 e. The minimum atomic E-state index is -3.09. The summed E-state index contributed by atoms with van der Waals surface area (Å²) in [6, 6.07) is 0.511. The van der Waals surface area contributed by atoms with Crippen LogP contribution in [0.3, 0.4) is 0 Å². The zero-order valence-corrected chi connectivity index (χ0v) is 11.7. The number of hydrogen-bond donors (Lipinski definition) is 1. The van der Waals surface area contributed by atoms with E-state index in [1.165, 1.54) is 0 Å². The van der Waals surface area contributed by atoms with Gasteiger partial charge in [0, 0.05) is 18.1 Å². The predicted molar refractivity (Wildman–Crippen MR) is 69.4 cm³/mol. The fraction of sp³-hybridized carbons (Fsp3) is 1.00. The molecule has 2 saturated heterocycles. The average molecular weight is 260 g/mol. The van der Waals surface area contributed by atoms with Gasteiger partial charge in [-0.25, -0.2) is 8.42 Å². The van der Waals surface area contributed by atoms with Gasteiger partial charge in [-0.3, -0.25) is 0 Å². The summed E-state index contributed by atoms with van der Waals surface area (Å²) in [5.41, 5.74) is 0. The van der Waals surface area contributed by atoms with Crippen LogP contribution in [0.2, 0.25) is 0 Å². The molecule has 0 aromatic rings. The van der Waals surface area contributed by atoms with E-state index in [1.54, 1.807) is 4.31 Å². The molecule has 1 N–H and O–H groups in total. The third-order valence-electron chi connectivity index (χ3n) is 4.01. The van der Waals surface area contributed by atoms with Crippen molar-refractivity contribution < 1.29 is 8.42 Å². The quantitative estimate of drug-likeness (QED) is 0.833. The molecule has 0 bridgehead atoms. The van der Waals surface area contributed by atoms with E-state index in [-0.39, 0.29) is 23.9 Å². The maximum Gasteiger partial charge on any atom is 0.216 e. The van der Waals surface area contributed by atoms with Crippen LogP contribution in [-0.2, 0) is 10.0 Å². The van der Waals surface area contributed by atoms with Crippen LogP contribution in [0.1, 0.15) is 46.0 Å². The molecule has 100 valence electrons. The lowest BCUT2D eigenvalue weighted by Gasteiger charge is -2.38. The summed E-state index contributed by atoms with van der Waals surface area (Å²) < 4.78 is 26.7. The zero-order chi connectivity index (χ0) is 12.5. The molecule has 0 saturated carbocycles. The van der Waals surface area contributed by atoms with Crippen LogP contribution < -0.4 is 5.32 Å². The SMILES string of the molecule is CC1CCCC(C)N1S(=O)(=O)CC1CCCN1. The highest BCUT2D eigenvalue weighted by Gasteiger charge is 2.36. The number of nitrogens with zero attached hydrogens (tertiary/aromatic N) is 1.